The second-order valence-corrected chi connectivity index (χ2v) is 7.43. The number of aromatic amines is 2. The molecule has 0 fully saturated rings. The van der Waals surface area contributed by atoms with Crippen LogP contribution in [-0.2, 0) is 10.5 Å². The fourth-order valence-electron chi connectivity index (χ4n) is 3.80. The first-order chi connectivity index (χ1) is 15.4. The molecule has 31 heavy (non-hydrogen) atoms. The van der Waals surface area contributed by atoms with Gasteiger partial charge in [0, 0.05) is 30.0 Å². The highest BCUT2D eigenvalue weighted by molar-refractivity contribution is 7.03. The van der Waals surface area contributed by atoms with Crippen molar-refractivity contribution in [1.29, 1.82) is 0 Å². The van der Waals surface area contributed by atoms with Crippen molar-refractivity contribution in [2.45, 2.75) is 5.72 Å². The lowest BCUT2D eigenvalue weighted by molar-refractivity contribution is 0.0889. The Morgan fingerprint density at radius 1 is 1.00 bits per heavy atom. The van der Waals surface area contributed by atoms with Crippen molar-refractivity contribution in [2.24, 2.45) is 0 Å². The molecule has 1 atom stereocenters. The lowest BCUT2D eigenvalue weighted by atomic mass is 10.0. The second kappa shape index (κ2) is 6.96. The summed E-state index contributed by atoms with van der Waals surface area (Å²) in [5.74, 6) is 1.36. The first-order valence-corrected chi connectivity index (χ1v) is 10.3. The zero-order valence-corrected chi connectivity index (χ0v) is 16.8. The van der Waals surface area contributed by atoms with Gasteiger partial charge in [-0.1, -0.05) is 11.2 Å². The van der Waals surface area contributed by atoms with E-state index in [1.54, 1.807) is 18.5 Å². The van der Waals surface area contributed by atoms with E-state index >= 15 is 0 Å². The van der Waals surface area contributed by atoms with Gasteiger partial charge >= 0.3 is 0 Å². The summed E-state index contributed by atoms with van der Waals surface area (Å²) in [5, 5.41) is 13.4. The zero-order chi connectivity index (χ0) is 20.7. The number of hydrogen-bond donors (Lipinski definition) is 2. The molecular weight excluding hydrogens is 414 g/mol. The minimum atomic E-state index is -1.24. The summed E-state index contributed by atoms with van der Waals surface area (Å²) in [5.41, 5.74) is 2.16. The normalized spacial score (nSPS) is 18.5. The van der Waals surface area contributed by atoms with Crippen molar-refractivity contribution in [1.82, 2.24) is 29.7 Å². The summed E-state index contributed by atoms with van der Waals surface area (Å²) in [6.07, 6.45) is 6.80. The molecule has 0 bridgehead atoms. The average molecular weight is 429 g/mol. The maximum absolute atomic E-state index is 6.79. The zero-order valence-electron chi connectivity index (χ0n) is 16.0. The van der Waals surface area contributed by atoms with Gasteiger partial charge in [0.05, 0.1) is 5.69 Å². The Labute approximate surface area is 180 Å². The van der Waals surface area contributed by atoms with Crippen molar-refractivity contribution in [3.8, 4) is 0 Å². The van der Waals surface area contributed by atoms with Gasteiger partial charge < -0.3 is 14.2 Å². The molecule has 5 aromatic rings. The Bertz CT molecular complexity index is 1300. The number of rotatable bonds is 5. The molecule has 0 aliphatic carbocycles. The van der Waals surface area contributed by atoms with Crippen LogP contribution in [0.25, 0.3) is 11.5 Å². The Balaban J connectivity index is 1.70. The molecule has 9 nitrogen and oxygen atoms in total. The molecule has 6 heterocycles. The number of anilines is 1. The largest absolute Gasteiger partial charge is 0.451 e. The van der Waals surface area contributed by atoms with Crippen molar-refractivity contribution >= 4 is 28.8 Å². The van der Waals surface area contributed by atoms with E-state index in [1.807, 2.05) is 58.9 Å². The first-order valence-electron chi connectivity index (χ1n) is 9.48. The summed E-state index contributed by atoms with van der Waals surface area (Å²) < 4.78 is 16.6. The summed E-state index contributed by atoms with van der Waals surface area (Å²) in [6.45, 7) is 0. The van der Waals surface area contributed by atoms with E-state index in [1.165, 1.54) is 17.8 Å². The molecular formula is C21H15N7O2S. The molecule has 1 aliphatic rings. The predicted octanol–water partition coefficient (Wildman–Crippen LogP) is 3.84. The third kappa shape index (κ3) is 2.62. The topological polar surface area (TPSA) is 109 Å². The van der Waals surface area contributed by atoms with Crippen molar-refractivity contribution in [2.75, 3.05) is 4.90 Å². The molecule has 0 spiro atoms. The number of aromatic nitrogens is 6. The lowest BCUT2D eigenvalue weighted by Gasteiger charge is -2.36. The second-order valence-electron chi connectivity index (χ2n) is 6.77. The van der Waals surface area contributed by atoms with Gasteiger partial charge in [-0.2, -0.15) is 9.47 Å². The van der Waals surface area contributed by atoms with Crippen LogP contribution in [0.5, 0.6) is 0 Å². The molecule has 1 aliphatic heterocycles. The summed E-state index contributed by atoms with van der Waals surface area (Å²) in [4.78, 5) is 9.95. The number of ether oxygens (including phenoxy) is 1. The first kappa shape index (κ1) is 17.7. The van der Waals surface area contributed by atoms with Crippen LogP contribution in [0.1, 0.15) is 22.8 Å². The highest BCUT2D eigenvalue weighted by Gasteiger charge is 2.56. The van der Waals surface area contributed by atoms with Gasteiger partial charge in [-0.15, -0.1) is 0 Å². The molecule has 0 radical (unpaired) electrons. The van der Waals surface area contributed by atoms with Gasteiger partial charge in [0.2, 0.25) is 0 Å². The fourth-order valence-corrected chi connectivity index (χ4v) is 4.31. The standard InChI is InChI=1S/C21H15N7O2S/c1-2-9-22-16(4-1)21(17-7-12-29-26-17)28(18-5-3-10-23-18)19(14-6-11-24-25-14)20(30-21)15-8-13-31-27-15/h1-13,23H,(H,24,25). The third-order valence-corrected chi connectivity index (χ3v) is 5.61. The summed E-state index contributed by atoms with van der Waals surface area (Å²) in [7, 11) is 0. The Hall–Kier alpha value is -4.18. The molecule has 2 N–H and O–H groups in total. The molecule has 5 aromatic heterocycles. The van der Waals surface area contributed by atoms with Crippen LogP contribution in [0, 0.1) is 0 Å². The van der Waals surface area contributed by atoms with Gasteiger partial charge in [-0.05, 0) is 47.9 Å². The van der Waals surface area contributed by atoms with E-state index in [0.29, 0.717) is 22.8 Å². The molecule has 10 heteroatoms. The van der Waals surface area contributed by atoms with Crippen LogP contribution in [0.4, 0.5) is 5.82 Å². The molecule has 0 saturated heterocycles. The maximum atomic E-state index is 6.79. The number of hydrogen-bond acceptors (Lipinski definition) is 8. The molecule has 152 valence electrons. The van der Waals surface area contributed by atoms with Crippen LogP contribution in [0.15, 0.2) is 83.3 Å². The van der Waals surface area contributed by atoms with Gasteiger partial charge in [0.1, 0.15) is 29.2 Å². The highest BCUT2D eigenvalue weighted by atomic mass is 32.1. The monoisotopic (exact) mass is 429 g/mol. The minimum absolute atomic E-state index is 0.544. The Kier molecular flexibility index (Phi) is 3.96. The van der Waals surface area contributed by atoms with Gasteiger partial charge in [0.15, 0.2) is 11.5 Å². The Morgan fingerprint density at radius 2 is 2.00 bits per heavy atom. The fraction of sp³-hybridized carbons (Fsp3) is 0.0476. The molecule has 0 aromatic carbocycles. The SMILES string of the molecule is c1ccc(C2(c3ccon3)OC(c3ccsn3)=C(c3ccn[nH]3)N2c2ccc[nH]2)nc1. The van der Waals surface area contributed by atoms with Gasteiger partial charge in [-0.3, -0.25) is 15.0 Å². The third-order valence-electron chi connectivity index (χ3n) is 5.05. The number of nitrogens with one attached hydrogen (secondary N) is 2. The van der Waals surface area contributed by atoms with E-state index in [0.717, 1.165) is 17.2 Å². The van der Waals surface area contributed by atoms with E-state index in [-0.39, 0.29) is 0 Å². The minimum Gasteiger partial charge on any atom is -0.451 e. The van der Waals surface area contributed by atoms with E-state index in [2.05, 4.69) is 29.7 Å². The van der Waals surface area contributed by atoms with Crippen molar-refractivity contribution in [3.05, 3.63) is 102 Å². The van der Waals surface area contributed by atoms with Crippen LogP contribution in [0.2, 0.25) is 0 Å². The number of nitrogens with zero attached hydrogens (tertiary/aromatic N) is 5. The lowest BCUT2D eigenvalue weighted by Crippen LogP contribution is -2.45. The molecule has 0 saturated carbocycles. The van der Waals surface area contributed by atoms with Gasteiger partial charge in [0.25, 0.3) is 5.72 Å². The van der Waals surface area contributed by atoms with E-state index in [9.17, 15) is 0 Å². The van der Waals surface area contributed by atoms with Crippen LogP contribution < -0.4 is 4.90 Å². The summed E-state index contributed by atoms with van der Waals surface area (Å²) in [6, 6.07) is 15.1. The summed E-state index contributed by atoms with van der Waals surface area (Å²) >= 11 is 1.35. The molecule has 6 rings (SSSR count). The van der Waals surface area contributed by atoms with E-state index < -0.39 is 5.72 Å². The molecule has 0 amide bonds. The predicted molar refractivity (Wildman–Crippen MR) is 113 cm³/mol. The maximum Gasteiger partial charge on any atom is 0.278 e. The van der Waals surface area contributed by atoms with Crippen molar-refractivity contribution in [3.63, 3.8) is 0 Å². The van der Waals surface area contributed by atoms with Crippen LogP contribution in [0.3, 0.4) is 0 Å². The van der Waals surface area contributed by atoms with Crippen molar-refractivity contribution < 1.29 is 9.26 Å². The molecule has 1 unspecified atom stereocenters. The average Bonchev–Trinajstić information content (AvgIpc) is 3.64. The van der Waals surface area contributed by atoms with Crippen LogP contribution >= 0.6 is 11.5 Å². The van der Waals surface area contributed by atoms with Crippen LogP contribution in [-0.4, -0.2) is 29.7 Å². The quantitative estimate of drug-likeness (QED) is 0.437. The van der Waals surface area contributed by atoms with E-state index in [4.69, 9.17) is 9.26 Å². The van der Waals surface area contributed by atoms with Gasteiger partial charge in [-0.25, -0.2) is 0 Å². The smallest absolute Gasteiger partial charge is 0.278 e. The highest BCUT2D eigenvalue weighted by Crippen LogP contribution is 2.52. The number of H-pyrrole nitrogens is 2. The number of pyridine rings is 1. The Morgan fingerprint density at radius 3 is 2.68 bits per heavy atom.